The molecule has 0 aliphatic carbocycles. The van der Waals surface area contributed by atoms with Gasteiger partial charge in [-0.15, -0.1) is 0 Å². The lowest BCUT2D eigenvalue weighted by Crippen LogP contribution is -2.22. The molecule has 2 N–H and O–H groups in total. The first-order valence-electron chi connectivity index (χ1n) is 5.02. The van der Waals surface area contributed by atoms with Crippen LogP contribution in [0.15, 0.2) is 6.20 Å². The Balaban J connectivity index is 2.84. The number of carbonyl (C=O) groups excluding carboxylic acids is 1. The molecule has 0 radical (unpaired) electrons. The predicted octanol–water partition coefficient (Wildman–Crippen LogP) is 0.242. The van der Waals surface area contributed by atoms with E-state index in [2.05, 4.69) is 5.10 Å². The van der Waals surface area contributed by atoms with Crippen molar-refractivity contribution in [1.82, 2.24) is 14.7 Å². The van der Waals surface area contributed by atoms with E-state index in [-0.39, 0.29) is 5.91 Å². The Kier molecular flexibility index (Phi) is 3.85. The maximum absolute atomic E-state index is 11.7. The van der Waals surface area contributed by atoms with Crippen LogP contribution in [0, 0.1) is 6.92 Å². The number of nitrogens with zero attached hydrogens (tertiary/aromatic N) is 3. The molecule has 0 aromatic carbocycles. The van der Waals surface area contributed by atoms with Gasteiger partial charge in [-0.1, -0.05) is 0 Å². The molecule has 1 aromatic rings. The van der Waals surface area contributed by atoms with Gasteiger partial charge in [-0.2, -0.15) is 5.10 Å². The average Bonchev–Trinajstić information content (AvgIpc) is 2.55. The third-order valence-electron chi connectivity index (χ3n) is 2.31. The molecule has 5 heteroatoms. The van der Waals surface area contributed by atoms with Gasteiger partial charge in [0.2, 0.25) is 0 Å². The van der Waals surface area contributed by atoms with Crippen LogP contribution in [0.25, 0.3) is 0 Å². The minimum atomic E-state index is -0.00787. The molecule has 0 aliphatic rings. The molecule has 0 fully saturated rings. The van der Waals surface area contributed by atoms with Crippen molar-refractivity contribution in [3.63, 3.8) is 0 Å². The Morgan fingerprint density at radius 1 is 1.60 bits per heavy atom. The summed E-state index contributed by atoms with van der Waals surface area (Å²) in [5.41, 5.74) is 6.99. The van der Waals surface area contributed by atoms with Gasteiger partial charge in [0.25, 0.3) is 5.91 Å². The van der Waals surface area contributed by atoms with Gasteiger partial charge >= 0.3 is 0 Å². The zero-order valence-electron chi connectivity index (χ0n) is 9.53. The van der Waals surface area contributed by atoms with Crippen LogP contribution in [0.1, 0.15) is 22.5 Å². The molecule has 1 heterocycles. The normalized spacial score (nSPS) is 10.4. The third kappa shape index (κ3) is 2.56. The summed E-state index contributed by atoms with van der Waals surface area (Å²) in [5.74, 6) is -0.00787. The zero-order chi connectivity index (χ0) is 11.4. The Labute approximate surface area is 89.9 Å². The molecule has 0 aliphatic heterocycles. The molecule has 0 atom stereocenters. The number of nitrogens with two attached hydrogens (primary N) is 1. The quantitative estimate of drug-likeness (QED) is 0.774. The van der Waals surface area contributed by atoms with Crippen LogP contribution in [-0.2, 0) is 6.54 Å². The van der Waals surface area contributed by atoms with E-state index in [1.807, 2.05) is 11.6 Å². The summed E-state index contributed by atoms with van der Waals surface area (Å²) in [6.07, 6.45) is 2.49. The van der Waals surface area contributed by atoms with E-state index in [0.717, 1.165) is 18.7 Å². The third-order valence-corrected chi connectivity index (χ3v) is 2.31. The van der Waals surface area contributed by atoms with Crippen molar-refractivity contribution >= 4 is 5.91 Å². The maximum Gasteiger partial charge on any atom is 0.256 e. The smallest absolute Gasteiger partial charge is 0.256 e. The van der Waals surface area contributed by atoms with E-state index in [9.17, 15) is 4.79 Å². The summed E-state index contributed by atoms with van der Waals surface area (Å²) in [4.78, 5) is 13.3. The highest BCUT2D eigenvalue weighted by Crippen LogP contribution is 2.09. The summed E-state index contributed by atoms with van der Waals surface area (Å²) in [5, 5.41) is 4.17. The molecule has 15 heavy (non-hydrogen) atoms. The van der Waals surface area contributed by atoms with E-state index < -0.39 is 0 Å². The number of rotatable bonds is 4. The van der Waals surface area contributed by atoms with E-state index in [4.69, 9.17) is 5.73 Å². The minimum Gasteiger partial charge on any atom is -0.345 e. The summed E-state index contributed by atoms with van der Waals surface area (Å²) in [6, 6.07) is 0. The van der Waals surface area contributed by atoms with Crippen molar-refractivity contribution in [2.75, 3.05) is 20.6 Å². The van der Waals surface area contributed by atoms with E-state index in [1.54, 1.807) is 25.2 Å². The molecule has 1 rings (SSSR count). The molecule has 0 saturated carbocycles. The Morgan fingerprint density at radius 2 is 2.27 bits per heavy atom. The topological polar surface area (TPSA) is 64.2 Å². The van der Waals surface area contributed by atoms with Gasteiger partial charge < -0.3 is 10.6 Å². The molecule has 84 valence electrons. The van der Waals surface area contributed by atoms with E-state index in [0.29, 0.717) is 12.1 Å². The molecule has 0 unspecified atom stereocenters. The zero-order valence-corrected chi connectivity index (χ0v) is 9.53. The highest BCUT2D eigenvalue weighted by molar-refractivity contribution is 5.94. The first-order valence-corrected chi connectivity index (χ1v) is 5.02. The van der Waals surface area contributed by atoms with Crippen LogP contribution in [0.5, 0.6) is 0 Å². The Morgan fingerprint density at radius 3 is 2.80 bits per heavy atom. The van der Waals surface area contributed by atoms with Crippen molar-refractivity contribution in [2.45, 2.75) is 19.9 Å². The van der Waals surface area contributed by atoms with Crippen LogP contribution in [0.3, 0.4) is 0 Å². The Hall–Kier alpha value is -1.36. The largest absolute Gasteiger partial charge is 0.345 e. The Bertz CT molecular complexity index is 343. The standard InChI is InChI=1S/C10H18N4O/c1-8-9(10(15)13(2)3)7-12-14(8)6-4-5-11/h7H,4-6,11H2,1-3H3. The monoisotopic (exact) mass is 210 g/mol. The van der Waals surface area contributed by atoms with Crippen molar-refractivity contribution in [2.24, 2.45) is 5.73 Å². The fourth-order valence-corrected chi connectivity index (χ4v) is 1.36. The fraction of sp³-hybridized carbons (Fsp3) is 0.600. The molecule has 0 bridgehead atoms. The van der Waals surface area contributed by atoms with Crippen LogP contribution in [-0.4, -0.2) is 41.2 Å². The number of amides is 1. The number of hydrogen-bond acceptors (Lipinski definition) is 3. The second-order valence-corrected chi connectivity index (χ2v) is 3.71. The van der Waals surface area contributed by atoms with Gasteiger partial charge in [-0.25, -0.2) is 0 Å². The van der Waals surface area contributed by atoms with Gasteiger partial charge in [0.05, 0.1) is 11.8 Å². The second kappa shape index (κ2) is 4.93. The van der Waals surface area contributed by atoms with Crippen LogP contribution in [0.4, 0.5) is 0 Å². The minimum absolute atomic E-state index is 0.00787. The first kappa shape index (κ1) is 11.7. The lowest BCUT2D eigenvalue weighted by molar-refractivity contribution is 0.0826. The lowest BCUT2D eigenvalue weighted by Gasteiger charge is -2.09. The van der Waals surface area contributed by atoms with Crippen molar-refractivity contribution in [3.8, 4) is 0 Å². The summed E-state index contributed by atoms with van der Waals surface area (Å²) in [6.45, 7) is 3.31. The molecule has 0 spiro atoms. The second-order valence-electron chi connectivity index (χ2n) is 3.71. The summed E-state index contributed by atoms with van der Waals surface area (Å²) < 4.78 is 1.82. The number of aryl methyl sites for hydroxylation is 1. The van der Waals surface area contributed by atoms with Gasteiger partial charge in [0.15, 0.2) is 0 Å². The molecule has 0 saturated heterocycles. The van der Waals surface area contributed by atoms with Gasteiger partial charge in [-0.3, -0.25) is 9.48 Å². The van der Waals surface area contributed by atoms with Crippen LogP contribution >= 0.6 is 0 Å². The first-order chi connectivity index (χ1) is 7.07. The molecule has 1 aromatic heterocycles. The number of hydrogen-bond donors (Lipinski definition) is 1. The highest BCUT2D eigenvalue weighted by Gasteiger charge is 2.15. The molecular weight excluding hydrogens is 192 g/mol. The van der Waals surface area contributed by atoms with Crippen molar-refractivity contribution < 1.29 is 4.79 Å². The van der Waals surface area contributed by atoms with E-state index in [1.165, 1.54) is 0 Å². The average molecular weight is 210 g/mol. The molecule has 1 amide bonds. The van der Waals surface area contributed by atoms with Crippen LogP contribution < -0.4 is 5.73 Å². The highest BCUT2D eigenvalue weighted by atomic mass is 16.2. The number of carbonyl (C=O) groups is 1. The lowest BCUT2D eigenvalue weighted by atomic mass is 10.2. The maximum atomic E-state index is 11.7. The number of aromatic nitrogens is 2. The van der Waals surface area contributed by atoms with Gasteiger partial charge in [-0.05, 0) is 19.9 Å². The fourth-order valence-electron chi connectivity index (χ4n) is 1.36. The van der Waals surface area contributed by atoms with Crippen LogP contribution in [0.2, 0.25) is 0 Å². The van der Waals surface area contributed by atoms with Gasteiger partial charge in [0.1, 0.15) is 0 Å². The summed E-state index contributed by atoms with van der Waals surface area (Å²) in [7, 11) is 3.47. The molecular formula is C10H18N4O. The van der Waals surface area contributed by atoms with Crippen molar-refractivity contribution in [3.05, 3.63) is 17.5 Å². The van der Waals surface area contributed by atoms with Gasteiger partial charge in [0, 0.05) is 26.3 Å². The molecule has 5 nitrogen and oxygen atoms in total. The van der Waals surface area contributed by atoms with E-state index >= 15 is 0 Å². The summed E-state index contributed by atoms with van der Waals surface area (Å²) >= 11 is 0. The SMILES string of the molecule is Cc1c(C(=O)N(C)C)cnn1CCCN. The van der Waals surface area contributed by atoms with Crippen molar-refractivity contribution in [1.29, 1.82) is 0 Å². The predicted molar refractivity (Wildman–Crippen MR) is 58.7 cm³/mol.